The van der Waals surface area contributed by atoms with Crippen LogP contribution in [0, 0.1) is 0 Å². The Kier molecular flexibility index (Phi) is 4.42. The Morgan fingerprint density at radius 1 is 1.20 bits per heavy atom. The molecule has 1 amide bonds. The zero-order valence-electron chi connectivity index (χ0n) is 10.5. The molecule has 1 aromatic carbocycles. The first-order valence-electron chi connectivity index (χ1n) is 6.14. The lowest BCUT2D eigenvalue weighted by atomic mass is 10.1. The molecule has 0 unspecified atom stereocenters. The maximum atomic E-state index is 12.4. The van der Waals surface area contributed by atoms with Crippen LogP contribution in [0.5, 0.6) is 5.75 Å². The van der Waals surface area contributed by atoms with Gasteiger partial charge in [-0.3, -0.25) is 4.79 Å². The van der Waals surface area contributed by atoms with Crippen molar-refractivity contribution in [1.82, 2.24) is 4.90 Å². The minimum atomic E-state index is -4.34. The second-order valence-electron chi connectivity index (χ2n) is 4.58. The molecule has 110 valence electrons. The van der Waals surface area contributed by atoms with Crippen LogP contribution in [0.15, 0.2) is 24.3 Å². The molecule has 0 N–H and O–H groups in total. The van der Waals surface area contributed by atoms with Crippen LogP contribution < -0.4 is 4.74 Å². The lowest BCUT2D eigenvalue weighted by Gasteiger charge is -2.30. The highest BCUT2D eigenvalue weighted by Crippen LogP contribution is 2.30. The molecule has 1 heterocycles. The Hall–Kier alpha value is -1.43. The number of rotatable bonds is 2. The first-order valence-corrected chi connectivity index (χ1v) is 6.52. The summed E-state index contributed by atoms with van der Waals surface area (Å²) < 4.78 is 42.8. The zero-order chi connectivity index (χ0) is 14.8. The highest BCUT2D eigenvalue weighted by atomic mass is 35.5. The van der Waals surface area contributed by atoms with E-state index in [1.54, 1.807) is 0 Å². The summed E-state index contributed by atoms with van der Waals surface area (Å²) in [6, 6.07) is 4.60. The largest absolute Gasteiger partial charge is 0.490 e. The maximum Gasteiger partial charge on any atom is 0.416 e. The molecule has 0 radical (unpaired) electrons. The van der Waals surface area contributed by atoms with Gasteiger partial charge in [0.2, 0.25) is 0 Å². The predicted octanol–water partition coefficient (Wildman–Crippen LogP) is 3.91. The van der Waals surface area contributed by atoms with Crippen molar-refractivity contribution in [3.8, 4) is 5.75 Å². The summed E-state index contributed by atoms with van der Waals surface area (Å²) in [4.78, 5) is 12.4. The van der Waals surface area contributed by atoms with Crippen molar-refractivity contribution in [3.05, 3.63) is 29.8 Å². The molecular weight excluding hydrogens is 295 g/mol. The molecule has 0 saturated carbocycles. The van der Waals surface area contributed by atoms with Crippen molar-refractivity contribution in [1.29, 1.82) is 0 Å². The van der Waals surface area contributed by atoms with Crippen molar-refractivity contribution in [2.24, 2.45) is 0 Å². The zero-order valence-corrected chi connectivity index (χ0v) is 11.2. The van der Waals surface area contributed by atoms with Crippen LogP contribution in [0.2, 0.25) is 0 Å². The third-order valence-electron chi connectivity index (χ3n) is 3.17. The molecule has 3 nitrogen and oxygen atoms in total. The van der Waals surface area contributed by atoms with Crippen molar-refractivity contribution >= 4 is 17.0 Å². The van der Waals surface area contributed by atoms with E-state index in [9.17, 15) is 18.0 Å². The Bertz CT molecular complexity index is 467. The monoisotopic (exact) mass is 307 g/mol. The summed E-state index contributed by atoms with van der Waals surface area (Å²) in [5.74, 6) is 0.397. The van der Waals surface area contributed by atoms with Crippen molar-refractivity contribution in [2.75, 3.05) is 13.1 Å². The van der Waals surface area contributed by atoms with E-state index in [1.807, 2.05) is 0 Å². The Morgan fingerprint density at radius 2 is 1.75 bits per heavy atom. The number of hydrogen-bond acceptors (Lipinski definition) is 2. The first-order chi connectivity index (χ1) is 9.36. The number of nitrogens with zero attached hydrogens (tertiary/aromatic N) is 1. The number of benzene rings is 1. The van der Waals surface area contributed by atoms with Crippen LogP contribution in [-0.2, 0) is 6.18 Å². The third-order valence-corrected chi connectivity index (χ3v) is 3.41. The highest BCUT2D eigenvalue weighted by Gasteiger charge is 2.30. The minimum Gasteiger partial charge on any atom is -0.490 e. The van der Waals surface area contributed by atoms with Gasteiger partial charge < -0.3 is 9.64 Å². The normalized spacial score (nSPS) is 17.1. The lowest BCUT2D eigenvalue weighted by Crippen LogP contribution is -2.39. The average molecular weight is 308 g/mol. The molecule has 7 heteroatoms. The number of ether oxygens (including phenoxy) is 1. The van der Waals surface area contributed by atoms with E-state index in [4.69, 9.17) is 16.3 Å². The molecule has 0 aromatic heterocycles. The fraction of sp³-hybridized carbons (Fsp3) is 0.462. The predicted molar refractivity (Wildman–Crippen MR) is 67.9 cm³/mol. The van der Waals surface area contributed by atoms with Crippen LogP contribution in [0.1, 0.15) is 18.4 Å². The molecule has 0 bridgehead atoms. The molecule has 1 aliphatic rings. The highest BCUT2D eigenvalue weighted by molar-refractivity contribution is 6.62. The van der Waals surface area contributed by atoms with Gasteiger partial charge in [0, 0.05) is 25.9 Å². The number of alkyl halides is 3. The number of halogens is 4. The SMILES string of the molecule is O=C(Cl)N1CCC(Oc2ccc(C(F)(F)F)cc2)CC1. The maximum absolute atomic E-state index is 12.4. The van der Waals surface area contributed by atoms with Gasteiger partial charge in [-0.15, -0.1) is 0 Å². The summed E-state index contributed by atoms with van der Waals surface area (Å²) in [6.07, 6.45) is -3.23. The first kappa shape index (κ1) is 15.0. The average Bonchev–Trinajstić information content (AvgIpc) is 2.39. The van der Waals surface area contributed by atoms with Gasteiger partial charge in [0.25, 0.3) is 0 Å². The Morgan fingerprint density at radius 3 is 2.20 bits per heavy atom. The quantitative estimate of drug-likeness (QED) is 0.612. The summed E-state index contributed by atoms with van der Waals surface area (Å²) in [5.41, 5.74) is -0.701. The van der Waals surface area contributed by atoms with E-state index in [2.05, 4.69) is 0 Å². The summed E-state index contributed by atoms with van der Waals surface area (Å²) in [6.45, 7) is 0.987. The van der Waals surface area contributed by atoms with Gasteiger partial charge in [-0.25, -0.2) is 0 Å². The van der Waals surface area contributed by atoms with Gasteiger partial charge in [-0.05, 0) is 35.9 Å². The van der Waals surface area contributed by atoms with Crippen LogP contribution in [0.3, 0.4) is 0 Å². The van der Waals surface area contributed by atoms with Gasteiger partial charge in [0.1, 0.15) is 11.9 Å². The van der Waals surface area contributed by atoms with Gasteiger partial charge in [0.05, 0.1) is 5.56 Å². The summed E-state index contributed by atoms with van der Waals surface area (Å²) in [5, 5.41) is -0.488. The number of amides is 1. The molecule has 0 spiro atoms. The molecule has 1 aromatic rings. The van der Waals surface area contributed by atoms with E-state index >= 15 is 0 Å². The van der Waals surface area contributed by atoms with Crippen LogP contribution in [0.25, 0.3) is 0 Å². The molecule has 0 atom stereocenters. The van der Waals surface area contributed by atoms with E-state index in [0.29, 0.717) is 31.7 Å². The third kappa shape index (κ3) is 3.79. The molecule has 1 saturated heterocycles. The van der Waals surface area contributed by atoms with E-state index < -0.39 is 17.1 Å². The molecule has 0 aliphatic carbocycles. The van der Waals surface area contributed by atoms with Crippen LogP contribution >= 0.6 is 11.6 Å². The second-order valence-corrected chi connectivity index (χ2v) is 4.90. The second kappa shape index (κ2) is 5.91. The molecule has 20 heavy (non-hydrogen) atoms. The number of carbonyl (C=O) groups is 1. The number of hydrogen-bond donors (Lipinski definition) is 0. The molecule has 1 fully saturated rings. The summed E-state index contributed by atoms with van der Waals surface area (Å²) >= 11 is 5.36. The van der Waals surface area contributed by atoms with E-state index in [1.165, 1.54) is 17.0 Å². The number of piperidine rings is 1. The molecular formula is C13H13ClF3NO2. The summed E-state index contributed by atoms with van der Waals surface area (Å²) in [7, 11) is 0. The van der Waals surface area contributed by atoms with Gasteiger partial charge in [-0.2, -0.15) is 13.2 Å². The minimum absolute atomic E-state index is 0.112. The molecule has 2 rings (SSSR count). The van der Waals surface area contributed by atoms with Crippen molar-refractivity contribution < 1.29 is 22.7 Å². The van der Waals surface area contributed by atoms with Crippen LogP contribution in [0.4, 0.5) is 18.0 Å². The number of carbonyl (C=O) groups excluding carboxylic acids is 1. The van der Waals surface area contributed by atoms with Crippen molar-refractivity contribution in [2.45, 2.75) is 25.1 Å². The Labute approximate surface area is 119 Å². The number of likely N-dealkylation sites (tertiary alicyclic amines) is 1. The van der Waals surface area contributed by atoms with E-state index in [-0.39, 0.29) is 6.10 Å². The molecule has 1 aliphatic heterocycles. The standard InChI is InChI=1S/C13H13ClF3NO2/c14-12(19)18-7-5-11(6-8-18)20-10-3-1-9(2-4-10)13(15,16)17/h1-4,11H,5-8H2. The lowest BCUT2D eigenvalue weighted by molar-refractivity contribution is -0.137. The van der Waals surface area contributed by atoms with Gasteiger partial charge >= 0.3 is 11.5 Å². The van der Waals surface area contributed by atoms with Gasteiger partial charge in [-0.1, -0.05) is 0 Å². The fourth-order valence-corrected chi connectivity index (χ4v) is 2.23. The fourth-order valence-electron chi connectivity index (χ4n) is 2.06. The smallest absolute Gasteiger partial charge is 0.416 e. The van der Waals surface area contributed by atoms with E-state index in [0.717, 1.165) is 12.1 Å². The topological polar surface area (TPSA) is 29.5 Å². The van der Waals surface area contributed by atoms with Crippen molar-refractivity contribution in [3.63, 3.8) is 0 Å². The van der Waals surface area contributed by atoms with Crippen LogP contribution in [-0.4, -0.2) is 29.5 Å². The van der Waals surface area contributed by atoms with Gasteiger partial charge in [0.15, 0.2) is 0 Å². The Balaban J connectivity index is 1.90.